The second-order valence-electron chi connectivity index (χ2n) is 5.73. The third kappa shape index (κ3) is 5.07. The maximum absolute atomic E-state index is 12.7. The molecule has 0 bridgehead atoms. The molecule has 2 aromatic rings. The van der Waals surface area contributed by atoms with E-state index >= 15 is 0 Å². The van der Waals surface area contributed by atoms with E-state index < -0.39 is 41.9 Å². The number of carbonyl (C=O) groups is 3. The first-order valence-electron chi connectivity index (χ1n) is 8.01. The number of carbonyl (C=O) groups excluding carboxylic acids is 3. The van der Waals surface area contributed by atoms with E-state index in [0.29, 0.717) is 16.7 Å². The van der Waals surface area contributed by atoms with E-state index in [9.17, 15) is 29.4 Å². The van der Waals surface area contributed by atoms with Crippen molar-refractivity contribution >= 4 is 40.5 Å². The summed E-state index contributed by atoms with van der Waals surface area (Å²) in [5, 5.41) is 24.2. The van der Waals surface area contributed by atoms with Crippen LogP contribution in [0, 0.1) is 0 Å². The average Bonchev–Trinajstić information content (AvgIpc) is 2.62. The van der Waals surface area contributed by atoms with Gasteiger partial charge in [0.15, 0.2) is 0 Å². The van der Waals surface area contributed by atoms with Gasteiger partial charge < -0.3 is 25.1 Å². The molecular formula is C17H17N3O6S-2. The number of fused-ring (bicyclic) bond motifs is 1. The van der Waals surface area contributed by atoms with Gasteiger partial charge >= 0.3 is 0 Å². The molecule has 0 radical (unpaired) electrons. The Morgan fingerprint density at radius 3 is 2.59 bits per heavy atom. The SMILES string of the molecule is CSCC[C@@H](C(=O)N[C@@H](CC(=O)[O-])C(=O)[O-])n1cnc2ccccc2c1=O. The Hall–Kier alpha value is -2.88. The molecule has 1 heterocycles. The van der Waals surface area contributed by atoms with E-state index in [2.05, 4.69) is 10.3 Å². The van der Waals surface area contributed by atoms with Gasteiger partial charge in [-0.25, -0.2) is 4.98 Å². The Labute approximate surface area is 158 Å². The Bertz CT molecular complexity index is 913. The normalized spacial score (nSPS) is 13.1. The summed E-state index contributed by atoms with van der Waals surface area (Å²) in [6.45, 7) is 0. The summed E-state index contributed by atoms with van der Waals surface area (Å²) in [5.41, 5.74) is 0.0130. The monoisotopic (exact) mass is 391 g/mol. The molecule has 0 aliphatic heterocycles. The molecule has 1 N–H and O–H groups in total. The maximum Gasteiger partial charge on any atom is 0.261 e. The lowest BCUT2D eigenvalue weighted by Crippen LogP contribution is -2.52. The molecule has 0 saturated carbocycles. The van der Waals surface area contributed by atoms with Crippen molar-refractivity contribution in [2.45, 2.75) is 24.9 Å². The highest BCUT2D eigenvalue weighted by Crippen LogP contribution is 2.15. The van der Waals surface area contributed by atoms with Crippen LogP contribution >= 0.6 is 11.8 Å². The largest absolute Gasteiger partial charge is 0.550 e. The third-order valence-electron chi connectivity index (χ3n) is 3.90. The van der Waals surface area contributed by atoms with Crippen LogP contribution in [0.15, 0.2) is 35.4 Å². The molecule has 0 aliphatic rings. The van der Waals surface area contributed by atoms with E-state index in [1.54, 1.807) is 24.3 Å². The highest BCUT2D eigenvalue weighted by atomic mass is 32.2. The summed E-state index contributed by atoms with van der Waals surface area (Å²) in [6.07, 6.45) is 2.32. The zero-order chi connectivity index (χ0) is 20.0. The van der Waals surface area contributed by atoms with Gasteiger partial charge in [0.25, 0.3) is 5.56 Å². The summed E-state index contributed by atoms with van der Waals surface area (Å²) >= 11 is 1.44. The van der Waals surface area contributed by atoms with Gasteiger partial charge in [0.1, 0.15) is 6.04 Å². The topological polar surface area (TPSA) is 144 Å². The van der Waals surface area contributed by atoms with Crippen molar-refractivity contribution in [1.29, 1.82) is 0 Å². The lowest BCUT2D eigenvalue weighted by Gasteiger charge is -2.24. The van der Waals surface area contributed by atoms with Crippen molar-refractivity contribution in [2.75, 3.05) is 12.0 Å². The average molecular weight is 391 g/mol. The molecule has 1 amide bonds. The van der Waals surface area contributed by atoms with Gasteiger partial charge in [-0.1, -0.05) is 12.1 Å². The number of para-hydroxylation sites is 1. The highest BCUT2D eigenvalue weighted by molar-refractivity contribution is 7.98. The number of thioether (sulfide) groups is 1. The van der Waals surface area contributed by atoms with Crippen LogP contribution in [0.5, 0.6) is 0 Å². The number of rotatable bonds is 9. The molecule has 144 valence electrons. The predicted molar refractivity (Wildman–Crippen MR) is 94.6 cm³/mol. The number of aliphatic carboxylic acids is 2. The van der Waals surface area contributed by atoms with Crippen LogP contribution in [-0.2, 0) is 14.4 Å². The Morgan fingerprint density at radius 1 is 1.26 bits per heavy atom. The molecule has 0 aliphatic carbocycles. The number of benzene rings is 1. The van der Waals surface area contributed by atoms with E-state index in [0.717, 1.165) is 4.57 Å². The number of nitrogens with one attached hydrogen (secondary N) is 1. The number of carboxylic acid groups (broad SMARTS) is 2. The highest BCUT2D eigenvalue weighted by Gasteiger charge is 2.25. The van der Waals surface area contributed by atoms with E-state index in [1.165, 1.54) is 18.1 Å². The smallest absolute Gasteiger partial charge is 0.261 e. The van der Waals surface area contributed by atoms with Crippen molar-refractivity contribution in [3.63, 3.8) is 0 Å². The van der Waals surface area contributed by atoms with Gasteiger partial charge in [0.05, 0.1) is 29.2 Å². The Balaban J connectivity index is 2.38. The minimum atomic E-state index is -1.76. The standard InChI is InChI=1S/C17H19N3O6S/c1-27-7-6-13(15(23)19-12(17(25)26)8-14(21)22)20-9-18-11-5-3-2-4-10(11)16(20)24/h2-5,9,12-13H,6-8H2,1H3,(H,19,23)(H,21,22)(H,25,26)/p-2/t12-,13-/m0/s1. The predicted octanol–water partition coefficient (Wildman–Crippen LogP) is -1.93. The van der Waals surface area contributed by atoms with E-state index in [4.69, 9.17) is 0 Å². The Morgan fingerprint density at radius 2 is 1.96 bits per heavy atom. The molecule has 10 heteroatoms. The van der Waals surface area contributed by atoms with Crippen LogP contribution in [-0.4, -0.2) is 45.4 Å². The number of hydrogen-bond donors (Lipinski definition) is 1. The number of hydrogen-bond acceptors (Lipinski definition) is 8. The van der Waals surface area contributed by atoms with Crippen LogP contribution in [0.4, 0.5) is 0 Å². The molecule has 2 atom stereocenters. The lowest BCUT2D eigenvalue weighted by molar-refractivity contribution is -0.317. The summed E-state index contributed by atoms with van der Waals surface area (Å²) in [5.74, 6) is -3.69. The fourth-order valence-corrected chi connectivity index (χ4v) is 3.02. The van der Waals surface area contributed by atoms with E-state index in [-0.39, 0.29) is 6.42 Å². The Kier molecular flexibility index (Phi) is 6.94. The molecule has 1 aromatic heterocycles. The quantitative estimate of drug-likeness (QED) is 0.520. The fraction of sp³-hybridized carbons (Fsp3) is 0.353. The summed E-state index contributed by atoms with van der Waals surface area (Å²) in [7, 11) is 0. The molecule has 1 aromatic carbocycles. The first kappa shape index (κ1) is 20.4. The zero-order valence-corrected chi connectivity index (χ0v) is 15.2. The van der Waals surface area contributed by atoms with E-state index in [1.807, 2.05) is 6.26 Å². The number of carboxylic acids is 2. The molecule has 0 spiro atoms. The molecule has 0 saturated heterocycles. The summed E-state index contributed by atoms with van der Waals surface area (Å²) in [4.78, 5) is 51.3. The van der Waals surface area contributed by atoms with Crippen LogP contribution in [0.3, 0.4) is 0 Å². The minimum Gasteiger partial charge on any atom is -0.550 e. The molecular weight excluding hydrogens is 374 g/mol. The van der Waals surface area contributed by atoms with Gasteiger partial charge in [-0.05, 0) is 30.6 Å². The van der Waals surface area contributed by atoms with Crippen molar-refractivity contribution in [3.8, 4) is 0 Å². The third-order valence-corrected chi connectivity index (χ3v) is 4.54. The van der Waals surface area contributed by atoms with Gasteiger partial charge in [0.2, 0.25) is 5.91 Å². The van der Waals surface area contributed by atoms with Crippen LogP contribution in [0.2, 0.25) is 0 Å². The molecule has 0 fully saturated rings. The van der Waals surface area contributed by atoms with Gasteiger partial charge in [-0.3, -0.25) is 14.2 Å². The number of aromatic nitrogens is 2. The maximum atomic E-state index is 12.7. The first-order chi connectivity index (χ1) is 12.8. The van der Waals surface area contributed by atoms with Crippen LogP contribution in [0.25, 0.3) is 10.9 Å². The van der Waals surface area contributed by atoms with Crippen LogP contribution in [0.1, 0.15) is 18.9 Å². The van der Waals surface area contributed by atoms with Gasteiger partial charge in [-0.2, -0.15) is 11.8 Å². The molecule has 27 heavy (non-hydrogen) atoms. The molecule has 9 nitrogen and oxygen atoms in total. The van der Waals surface area contributed by atoms with Crippen molar-refractivity contribution < 1.29 is 24.6 Å². The van der Waals surface area contributed by atoms with Gasteiger partial charge in [0, 0.05) is 12.4 Å². The summed E-state index contributed by atoms with van der Waals surface area (Å²) < 4.78 is 1.12. The van der Waals surface area contributed by atoms with Gasteiger partial charge in [-0.15, -0.1) is 0 Å². The molecule has 2 rings (SSSR count). The van der Waals surface area contributed by atoms with Crippen molar-refractivity contribution in [1.82, 2.24) is 14.9 Å². The number of amides is 1. The molecule has 0 unspecified atom stereocenters. The minimum absolute atomic E-state index is 0.220. The fourth-order valence-electron chi connectivity index (χ4n) is 2.56. The zero-order valence-electron chi connectivity index (χ0n) is 14.4. The first-order valence-corrected chi connectivity index (χ1v) is 9.40. The van der Waals surface area contributed by atoms with Crippen LogP contribution < -0.4 is 21.1 Å². The number of nitrogens with zero attached hydrogens (tertiary/aromatic N) is 2. The second kappa shape index (κ2) is 9.17. The second-order valence-corrected chi connectivity index (χ2v) is 6.71. The van der Waals surface area contributed by atoms with Crippen molar-refractivity contribution in [2.24, 2.45) is 0 Å². The summed E-state index contributed by atoms with van der Waals surface area (Å²) in [6, 6.07) is 3.81. The van der Waals surface area contributed by atoms with Crippen molar-refractivity contribution in [3.05, 3.63) is 40.9 Å². The lowest BCUT2D eigenvalue weighted by atomic mass is 10.1.